The molecule has 4 nitrogen and oxygen atoms in total. The fourth-order valence-electron chi connectivity index (χ4n) is 1.45. The lowest BCUT2D eigenvalue weighted by molar-refractivity contribution is 1.12. The summed E-state index contributed by atoms with van der Waals surface area (Å²) in [4.78, 5) is 0.769. The van der Waals surface area contributed by atoms with E-state index in [9.17, 15) is 0 Å². The number of fused-ring (bicyclic) bond motifs is 3. The SMILES string of the molecule is Br.Nc1nnc2sc3cccc(Cl)c3n12. The number of hydrogen-bond donors (Lipinski definition) is 1. The smallest absolute Gasteiger partial charge is 0.227 e. The van der Waals surface area contributed by atoms with Gasteiger partial charge in [0, 0.05) is 0 Å². The number of benzene rings is 1. The van der Waals surface area contributed by atoms with E-state index in [0.717, 1.165) is 15.2 Å². The third kappa shape index (κ3) is 1.40. The minimum Gasteiger partial charge on any atom is -0.368 e. The van der Waals surface area contributed by atoms with Gasteiger partial charge in [-0.3, -0.25) is 4.40 Å². The molecule has 0 fully saturated rings. The van der Waals surface area contributed by atoms with Gasteiger partial charge in [0.05, 0.1) is 15.2 Å². The molecular formula is C8H6BrClN4S. The molecule has 0 amide bonds. The normalized spacial score (nSPS) is 10.7. The highest BCUT2D eigenvalue weighted by molar-refractivity contribution is 8.93. The Hall–Kier alpha value is -0.850. The van der Waals surface area contributed by atoms with Crippen molar-refractivity contribution in [2.24, 2.45) is 0 Å². The highest BCUT2D eigenvalue weighted by atomic mass is 79.9. The standard InChI is InChI=1S/C8H5ClN4S.BrH/c9-4-2-1-3-5-6(4)13-7(10)11-12-8(13)14-5;/h1-3H,(H2,10,11);1H. The summed E-state index contributed by atoms with van der Waals surface area (Å²) < 4.78 is 2.83. The predicted molar refractivity (Wildman–Crippen MR) is 68.1 cm³/mol. The van der Waals surface area contributed by atoms with Gasteiger partial charge in [-0.05, 0) is 12.1 Å². The molecule has 2 heterocycles. The minimum atomic E-state index is 0. The molecule has 0 spiro atoms. The second-order valence-electron chi connectivity index (χ2n) is 2.86. The van der Waals surface area contributed by atoms with Gasteiger partial charge in [-0.15, -0.1) is 27.2 Å². The molecule has 3 aromatic rings. The van der Waals surface area contributed by atoms with Crippen LogP contribution in [-0.4, -0.2) is 14.6 Å². The van der Waals surface area contributed by atoms with Crippen molar-refractivity contribution in [3.63, 3.8) is 0 Å². The number of anilines is 1. The van der Waals surface area contributed by atoms with E-state index in [1.807, 2.05) is 18.2 Å². The molecule has 0 atom stereocenters. The Morgan fingerprint density at radius 3 is 2.93 bits per heavy atom. The van der Waals surface area contributed by atoms with E-state index < -0.39 is 0 Å². The topological polar surface area (TPSA) is 56.2 Å². The van der Waals surface area contributed by atoms with E-state index in [4.69, 9.17) is 17.3 Å². The fourth-order valence-corrected chi connectivity index (χ4v) is 2.77. The molecule has 0 aliphatic carbocycles. The first-order chi connectivity index (χ1) is 6.77. The van der Waals surface area contributed by atoms with E-state index in [1.165, 1.54) is 11.3 Å². The zero-order valence-electron chi connectivity index (χ0n) is 7.35. The van der Waals surface area contributed by atoms with E-state index in [2.05, 4.69) is 10.2 Å². The van der Waals surface area contributed by atoms with Gasteiger partial charge >= 0.3 is 0 Å². The van der Waals surface area contributed by atoms with Crippen LogP contribution in [0.2, 0.25) is 5.02 Å². The van der Waals surface area contributed by atoms with Gasteiger partial charge in [0.2, 0.25) is 10.9 Å². The molecule has 7 heteroatoms. The molecule has 0 saturated carbocycles. The van der Waals surface area contributed by atoms with Crippen LogP contribution >= 0.6 is 39.9 Å². The van der Waals surface area contributed by atoms with Crippen molar-refractivity contribution in [2.45, 2.75) is 0 Å². The Kier molecular flexibility index (Phi) is 2.57. The number of nitrogen functional groups attached to an aromatic ring is 1. The van der Waals surface area contributed by atoms with Crippen molar-refractivity contribution in [3.05, 3.63) is 23.2 Å². The Bertz CT molecular complexity index is 632. The van der Waals surface area contributed by atoms with Gasteiger partial charge in [-0.2, -0.15) is 0 Å². The average molecular weight is 306 g/mol. The first-order valence-electron chi connectivity index (χ1n) is 3.95. The van der Waals surface area contributed by atoms with Crippen molar-refractivity contribution in [2.75, 3.05) is 5.73 Å². The van der Waals surface area contributed by atoms with Crippen LogP contribution in [0.25, 0.3) is 15.2 Å². The molecule has 0 aliphatic rings. The monoisotopic (exact) mass is 304 g/mol. The molecule has 15 heavy (non-hydrogen) atoms. The van der Waals surface area contributed by atoms with Crippen LogP contribution in [0.3, 0.4) is 0 Å². The van der Waals surface area contributed by atoms with Crippen LogP contribution in [0.4, 0.5) is 5.95 Å². The minimum absolute atomic E-state index is 0. The second-order valence-corrected chi connectivity index (χ2v) is 4.28. The molecule has 1 aromatic carbocycles. The van der Waals surface area contributed by atoms with Crippen molar-refractivity contribution < 1.29 is 0 Å². The predicted octanol–water partition coefficient (Wildman–Crippen LogP) is 2.76. The maximum atomic E-state index is 6.08. The van der Waals surface area contributed by atoms with E-state index in [1.54, 1.807) is 4.40 Å². The number of halogens is 2. The Balaban J connectivity index is 0.000000853. The lowest BCUT2D eigenvalue weighted by atomic mass is 10.3. The molecule has 0 aliphatic heterocycles. The summed E-state index contributed by atoms with van der Waals surface area (Å²) in [5, 5.41) is 8.40. The molecule has 78 valence electrons. The van der Waals surface area contributed by atoms with Crippen molar-refractivity contribution in [1.29, 1.82) is 0 Å². The third-order valence-corrected chi connectivity index (χ3v) is 3.33. The van der Waals surface area contributed by atoms with Crippen LogP contribution in [0.1, 0.15) is 0 Å². The van der Waals surface area contributed by atoms with Crippen molar-refractivity contribution in [3.8, 4) is 0 Å². The van der Waals surface area contributed by atoms with Gasteiger partial charge in [0.1, 0.15) is 0 Å². The molecular weight excluding hydrogens is 300 g/mol. The van der Waals surface area contributed by atoms with Gasteiger partial charge in [-0.25, -0.2) is 0 Å². The van der Waals surface area contributed by atoms with Gasteiger partial charge in [-0.1, -0.05) is 29.0 Å². The molecule has 0 radical (unpaired) electrons. The van der Waals surface area contributed by atoms with Gasteiger partial charge in [0.15, 0.2) is 0 Å². The zero-order valence-corrected chi connectivity index (χ0v) is 10.6. The Morgan fingerprint density at radius 1 is 1.33 bits per heavy atom. The van der Waals surface area contributed by atoms with Crippen LogP contribution in [-0.2, 0) is 0 Å². The van der Waals surface area contributed by atoms with Crippen LogP contribution in [0.5, 0.6) is 0 Å². The number of para-hydroxylation sites is 1. The van der Waals surface area contributed by atoms with E-state index >= 15 is 0 Å². The molecule has 3 rings (SSSR count). The van der Waals surface area contributed by atoms with Gasteiger partial charge in [0.25, 0.3) is 0 Å². The summed E-state index contributed by atoms with van der Waals surface area (Å²) in [7, 11) is 0. The van der Waals surface area contributed by atoms with Crippen LogP contribution < -0.4 is 5.73 Å². The highest BCUT2D eigenvalue weighted by Crippen LogP contribution is 2.31. The lowest BCUT2D eigenvalue weighted by Crippen LogP contribution is -1.92. The number of thiazole rings is 1. The fraction of sp³-hybridized carbons (Fsp3) is 0. The molecule has 0 saturated heterocycles. The highest BCUT2D eigenvalue weighted by Gasteiger charge is 2.11. The second kappa shape index (κ2) is 3.62. The first-order valence-corrected chi connectivity index (χ1v) is 5.14. The third-order valence-electron chi connectivity index (χ3n) is 2.03. The summed E-state index contributed by atoms with van der Waals surface area (Å²) in [5.74, 6) is 0.374. The van der Waals surface area contributed by atoms with Crippen LogP contribution in [0.15, 0.2) is 18.2 Å². The molecule has 0 unspecified atom stereocenters. The quantitative estimate of drug-likeness (QED) is 0.695. The maximum Gasteiger partial charge on any atom is 0.227 e. The number of rotatable bonds is 0. The van der Waals surface area contributed by atoms with E-state index in [-0.39, 0.29) is 17.0 Å². The number of aromatic nitrogens is 3. The molecule has 2 aromatic heterocycles. The summed E-state index contributed by atoms with van der Waals surface area (Å²) in [6.07, 6.45) is 0. The zero-order chi connectivity index (χ0) is 9.71. The van der Waals surface area contributed by atoms with Gasteiger partial charge < -0.3 is 5.73 Å². The van der Waals surface area contributed by atoms with Crippen molar-refractivity contribution in [1.82, 2.24) is 14.6 Å². The number of nitrogens with zero attached hydrogens (tertiary/aromatic N) is 3. The van der Waals surface area contributed by atoms with Crippen LogP contribution in [0, 0.1) is 0 Å². The Morgan fingerprint density at radius 2 is 2.13 bits per heavy atom. The van der Waals surface area contributed by atoms with E-state index in [0.29, 0.717) is 11.0 Å². The summed E-state index contributed by atoms with van der Waals surface area (Å²) >= 11 is 7.60. The number of hydrogen-bond acceptors (Lipinski definition) is 4. The average Bonchev–Trinajstić information content (AvgIpc) is 2.67. The molecule has 2 N–H and O–H groups in total. The lowest BCUT2D eigenvalue weighted by Gasteiger charge is -1.94. The Labute approximate surface area is 104 Å². The summed E-state index contributed by atoms with van der Waals surface area (Å²) in [6, 6.07) is 5.72. The summed E-state index contributed by atoms with van der Waals surface area (Å²) in [5.41, 5.74) is 6.58. The largest absolute Gasteiger partial charge is 0.368 e. The molecule has 0 bridgehead atoms. The maximum absolute atomic E-state index is 6.08. The van der Waals surface area contributed by atoms with Crippen molar-refractivity contribution >= 4 is 61.0 Å². The first kappa shape index (κ1) is 10.7. The number of nitrogens with two attached hydrogens (primary N) is 1. The summed E-state index contributed by atoms with van der Waals surface area (Å²) in [6.45, 7) is 0.